The molecule has 2 heterocycles. The van der Waals surface area contributed by atoms with Crippen LogP contribution < -0.4 is 10.6 Å². The molecule has 0 bridgehead atoms. The van der Waals surface area contributed by atoms with E-state index in [-0.39, 0.29) is 18.2 Å². The van der Waals surface area contributed by atoms with Gasteiger partial charge in [0.2, 0.25) is 11.8 Å². The summed E-state index contributed by atoms with van der Waals surface area (Å²) in [7, 11) is 0. The average molecular weight is 418 g/mol. The Morgan fingerprint density at radius 2 is 2.03 bits per heavy atom. The molecule has 1 saturated heterocycles. The van der Waals surface area contributed by atoms with Crippen molar-refractivity contribution < 1.29 is 9.59 Å². The number of aromatic nitrogens is 2. The summed E-state index contributed by atoms with van der Waals surface area (Å²) in [4.78, 5) is 27.4. The first-order chi connectivity index (χ1) is 15.2. The average Bonchev–Trinajstić information content (AvgIpc) is 3.39. The zero-order valence-corrected chi connectivity index (χ0v) is 17.5. The molecule has 1 aliphatic heterocycles. The van der Waals surface area contributed by atoms with Gasteiger partial charge in [0.05, 0.1) is 24.7 Å². The van der Waals surface area contributed by atoms with E-state index >= 15 is 0 Å². The Morgan fingerprint density at radius 3 is 2.94 bits per heavy atom. The molecule has 1 aliphatic carbocycles. The summed E-state index contributed by atoms with van der Waals surface area (Å²) in [6, 6.07) is 14.2. The van der Waals surface area contributed by atoms with Crippen LogP contribution in [0.4, 0.5) is 0 Å². The third-order valence-electron chi connectivity index (χ3n) is 6.36. The second kappa shape index (κ2) is 8.51. The molecule has 0 unspecified atom stereocenters. The molecule has 7 heteroatoms. The largest absolute Gasteiger partial charge is 0.353 e. The molecule has 0 spiro atoms. The minimum Gasteiger partial charge on any atom is -0.353 e. The van der Waals surface area contributed by atoms with Gasteiger partial charge in [0.25, 0.3) is 0 Å². The fraction of sp³-hybridized carbons (Fsp3) is 0.375. The van der Waals surface area contributed by atoms with Crippen molar-refractivity contribution in [1.29, 1.82) is 0 Å². The third kappa shape index (κ3) is 4.18. The number of aromatic amines is 1. The predicted octanol–water partition coefficient (Wildman–Crippen LogP) is 2.06. The van der Waals surface area contributed by atoms with Crippen LogP contribution in [0.2, 0.25) is 0 Å². The van der Waals surface area contributed by atoms with Gasteiger partial charge in [0, 0.05) is 25.3 Å². The van der Waals surface area contributed by atoms with Crippen molar-refractivity contribution in [1.82, 2.24) is 25.7 Å². The zero-order valence-electron chi connectivity index (χ0n) is 17.5. The number of hydrogen-bond donors (Lipinski definition) is 3. The maximum Gasteiger partial charge on any atom is 0.237 e. The first kappa shape index (κ1) is 19.8. The molecule has 7 nitrogen and oxygen atoms in total. The molecule has 3 aromatic rings. The fourth-order valence-corrected chi connectivity index (χ4v) is 4.71. The lowest BCUT2D eigenvalue weighted by molar-refractivity contribution is -0.134. The number of carbonyl (C=O) groups excluding carboxylic acids is 2. The quantitative estimate of drug-likeness (QED) is 0.573. The Hall–Kier alpha value is -3.19. The van der Waals surface area contributed by atoms with Crippen molar-refractivity contribution in [2.75, 3.05) is 13.1 Å². The van der Waals surface area contributed by atoms with Gasteiger partial charge < -0.3 is 10.6 Å². The molecule has 0 radical (unpaired) electrons. The lowest BCUT2D eigenvalue weighted by atomic mass is 10.0. The second-order valence-electron chi connectivity index (χ2n) is 8.42. The highest BCUT2D eigenvalue weighted by atomic mass is 16.2. The molecule has 160 valence electrons. The smallest absolute Gasteiger partial charge is 0.237 e. The first-order valence-electron chi connectivity index (χ1n) is 11.0. The van der Waals surface area contributed by atoms with Crippen molar-refractivity contribution in [3.63, 3.8) is 0 Å². The van der Waals surface area contributed by atoms with Crippen molar-refractivity contribution in [3.05, 3.63) is 65.0 Å². The highest BCUT2D eigenvalue weighted by molar-refractivity contribution is 5.89. The summed E-state index contributed by atoms with van der Waals surface area (Å²) < 4.78 is 0. The molecule has 1 fully saturated rings. The summed E-state index contributed by atoms with van der Waals surface area (Å²) in [5.41, 5.74) is 4.50. The Labute approximate surface area is 181 Å². The molecule has 2 aliphatic rings. The van der Waals surface area contributed by atoms with E-state index in [1.165, 1.54) is 22.0 Å². The maximum atomic E-state index is 12.7. The topological polar surface area (TPSA) is 90.1 Å². The van der Waals surface area contributed by atoms with Crippen LogP contribution in [0.1, 0.15) is 35.4 Å². The van der Waals surface area contributed by atoms with Crippen LogP contribution >= 0.6 is 0 Å². The van der Waals surface area contributed by atoms with E-state index in [0.717, 1.165) is 37.1 Å². The lowest BCUT2D eigenvalue weighted by Gasteiger charge is -2.34. The number of carbonyl (C=O) groups is 2. The molecular formula is C24H27N5O2. The number of fused-ring (bicyclic) bond motifs is 2. The van der Waals surface area contributed by atoms with Crippen molar-refractivity contribution in [2.45, 2.75) is 44.8 Å². The van der Waals surface area contributed by atoms with E-state index in [1.807, 2.05) is 12.1 Å². The SMILES string of the molecule is O=C(C[C@H]1C(=O)NCCN1Cc1ccc2ccccc2c1)NCc1n[nH]c2c1CCC2. The number of benzene rings is 2. The zero-order chi connectivity index (χ0) is 21.2. The van der Waals surface area contributed by atoms with Gasteiger partial charge in [-0.15, -0.1) is 0 Å². The van der Waals surface area contributed by atoms with Gasteiger partial charge in [-0.05, 0) is 47.2 Å². The molecule has 2 aromatic carbocycles. The Bertz CT molecular complexity index is 1120. The van der Waals surface area contributed by atoms with Gasteiger partial charge in [0.1, 0.15) is 0 Å². The summed E-state index contributed by atoms with van der Waals surface area (Å²) in [6.07, 6.45) is 3.33. The van der Waals surface area contributed by atoms with Crippen LogP contribution in [0.15, 0.2) is 42.5 Å². The van der Waals surface area contributed by atoms with Crippen LogP contribution in [0.25, 0.3) is 10.8 Å². The highest BCUT2D eigenvalue weighted by Crippen LogP contribution is 2.23. The summed E-state index contributed by atoms with van der Waals surface area (Å²) >= 11 is 0. The number of aryl methyl sites for hydroxylation is 1. The summed E-state index contributed by atoms with van der Waals surface area (Å²) in [5.74, 6) is -0.205. The molecule has 0 saturated carbocycles. The van der Waals surface area contributed by atoms with Crippen molar-refractivity contribution in [2.24, 2.45) is 0 Å². The minimum atomic E-state index is -0.467. The monoisotopic (exact) mass is 417 g/mol. The van der Waals surface area contributed by atoms with E-state index in [1.54, 1.807) is 0 Å². The number of nitrogens with one attached hydrogen (secondary N) is 3. The highest BCUT2D eigenvalue weighted by Gasteiger charge is 2.31. The molecule has 1 atom stereocenters. The van der Waals surface area contributed by atoms with E-state index in [2.05, 4.69) is 56.1 Å². The van der Waals surface area contributed by atoms with Gasteiger partial charge >= 0.3 is 0 Å². The van der Waals surface area contributed by atoms with Crippen LogP contribution in [0.5, 0.6) is 0 Å². The van der Waals surface area contributed by atoms with Crippen molar-refractivity contribution in [3.8, 4) is 0 Å². The van der Waals surface area contributed by atoms with Gasteiger partial charge in [-0.25, -0.2) is 0 Å². The van der Waals surface area contributed by atoms with Gasteiger partial charge in [-0.3, -0.25) is 19.6 Å². The number of hydrogen-bond acceptors (Lipinski definition) is 4. The number of nitrogens with zero attached hydrogens (tertiary/aromatic N) is 2. The molecule has 2 amide bonds. The Morgan fingerprint density at radius 1 is 1.16 bits per heavy atom. The number of piperazine rings is 1. The molecule has 1 aromatic heterocycles. The van der Waals surface area contributed by atoms with Crippen LogP contribution in [-0.2, 0) is 35.5 Å². The van der Waals surface area contributed by atoms with E-state index in [0.29, 0.717) is 19.6 Å². The minimum absolute atomic E-state index is 0.0807. The molecule has 5 rings (SSSR count). The number of amides is 2. The van der Waals surface area contributed by atoms with Gasteiger partial charge in [0.15, 0.2) is 0 Å². The van der Waals surface area contributed by atoms with Gasteiger partial charge in [-0.1, -0.05) is 36.4 Å². The van der Waals surface area contributed by atoms with Crippen LogP contribution in [0.3, 0.4) is 0 Å². The standard InChI is InChI=1S/C24H27N5O2/c30-23(26-14-21-19-6-3-7-20(19)27-28-21)13-22-24(31)25-10-11-29(22)15-16-8-9-17-4-1-2-5-18(17)12-16/h1-2,4-5,8-9,12,22H,3,6-7,10-11,13-15H2,(H,25,31)(H,26,30)(H,27,28)/t22-/m0/s1. The van der Waals surface area contributed by atoms with E-state index < -0.39 is 6.04 Å². The fourth-order valence-electron chi connectivity index (χ4n) is 4.71. The van der Waals surface area contributed by atoms with E-state index in [9.17, 15) is 9.59 Å². The molecule has 3 N–H and O–H groups in total. The predicted molar refractivity (Wildman–Crippen MR) is 118 cm³/mol. The second-order valence-corrected chi connectivity index (χ2v) is 8.42. The van der Waals surface area contributed by atoms with E-state index in [4.69, 9.17) is 0 Å². The van der Waals surface area contributed by atoms with Gasteiger partial charge in [-0.2, -0.15) is 5.10 Å². The third-order valence-corrected chi connectivity index (χ3v) is 6.36. The van der Waals surface area contributed by atoms with Crippen LogP contribution in [0, 0.1) is 0 Å². The summed E-state index contributed by atoms with van der Waals surface area (Å²) in [6.45, 7) is 2.38. The Kier molecular flexibility index (Phi) is 5.42. The van der Waals surface area contributed by atoms with Crippen LogP contribution in [-0.4, -0.2) is 46.0 Å². The first-order valence-corrected chi connectivity index (χ1v) is 11.0. The molecular weight excluding hydrogens is 390 g/mol. The Balaban J connectivity index is 1.24. The normalized spacial score (nSPS) is 18.7. The number of rotatable bonds is 6. The lowest BCUT2D eigenvalue weighted by Crippen LogP contribution is -2.56. The summed E-state index contributed by atoms with van der Waals surface area (Å²) in [5, 5.41) is 15.7. The van der Waals surface area contributed by atoms with Crippen molar-refractivity contribution >= 4 is 22.6 Å². The maximum absolute atomic E-state index is 12.7. The number of H-pyrrole nitrogens is 1. The molecule has 31 heavy (non-hydrogen) atoms.